The van der Waals surface area contributed by atoms with E-state index in [4.69, 9.17) is 5.73 Å². The molecule has 1 aromatic rings. The van der Waals surface area contributed by atoms with E-state index in [0.717, 1.165) is 13.1 Å². The van der Waals surface area contributed by atoms with Crippen LogP contribution in [-0.4, -0.2) is 28.8 Å². The zero-order chi connectivity index (χ0) is 15.0. The summed E-state index contributed by atoms with van der Waals surface area (Å²) in [6.07, 6.45) is 4.87. The minimum atomic E-state index is -0.546. The van der Waals surface area contributed by atoms with Crippen LogP contribution < -0.4 is 5.73 Å². The zero-order valence-electron chi connectivity index (χ0n) is 11.8. The summed E-state index contributed by atoms with van der Waals surface area (Å²) in [5.41, 5.74) is 5.82. The van der Waals surface area contributed by atoms with E-state index in [1.165, 1.54) is 37.8 Å². The summed E-state index contributed by atoms with van der Waals surface area (Å²) in [5, 5.41) is 10.9. The minimum Gasteiger partial charge on any atom is -0.393 e. The lowest BCUT2D eigenvalue weighted by molar-refractivity contribution is -0.383. The Balaban J connectivity index is 1.79. The normalized spacial score (nSPS) is 24.7. The van der Waals surface area contributed by atoms with Gasteiger partial charge in [0.25, 0.3) is 11.6 Å². The molecule has 112 valence electrons. The van der Waals surface area contributed by atoms with Crippen LogP contribution >= 0.6 is 0 Å². The lowest BCUT2D eigenvalue weighted by atomic mass is 9.82. The Hall–Kier alpha value is -2.11. The Morgan fingerprint density at radius 1 is 1.24 bits per heavy atom. The zero-order valence-corrected chi connectivity index (χ0v) is 11.8. The number of nitro groups is 1. The van der Waals surface area contributed by atoms with Gasteiger partial charge in [0.1, 0.15) is 5.69 Å². The van der Waals surface area contributed by atoms with Crippen LogP contribution in [0, 0.1) is 22.0 Å². The first-order valence-corrected chi connectivity index (χ1v) is 7.39. The van der Waals surface area contributed by atoms with E-state index in [0.29, 0.717) is 17.4 Å². The third kappa shape index (κ3) is 2.57. The highest BCUT2D eigenvalue weighted by molar-refractivity contribution is 5.95. The van der Waals surface area contributed by atoms with Gasteiger partial charge in [0.05, 0.1) is 4.92 Å². The van der Waals surface area contributed by atoms with E-state index >= 15 is 0 Å². The maximum absolute atomic E-state index is 12.5. The first kappa shape index (κ1) is 13.9. The van der Waals surface area contributed by atoms with Crippen LogP contribution in [0.2, 0.25) is 0 Å². The molecule has 0 spiro atoms. The minimum absolute atomic E-state index is 0.0895. The second kappa shape index (κ2) is 5.35. The van der Waals surface area contributed by atoms with E-state index in [-0.39, 0.29) is 17.3 Å². The number of carbonyl (C=O) groups excluding carboxylic acids is 1. The fourth-order valence-corrected chi connectivity index (χ4v) is 3.59. The molecule has 1 saturated heterocycles. The van der Waals surface area contributed by atoms with Crippen LogP contribution in [0.15, 0.2) is 18.2 Å². The molecule has 0 bridgehead atoms. The number of hydrogen-bond donors (Lipinski definition) is 1. The van der Waals surface area contributed by atoms with Gasteiger partial charge >= 0.3 is 0 Å². The van der Waals surface area contributed by atoms with Gasteiger partial charge in [0.2, 0.25) is 0 Å². The van der Waals surface area contributed by atoms with Gasteiger partial charge in [-0.2, -0.15) is 0 Å². The molecule has 2 atom stereocenters. The van der Waals surface area contributed by atoms with Crippen LogP contribution in [-0.2, 0) is 0 Å². The van der Waals surface area contributed by atoms with Gasteiger partial charge in [0.15, 0.2) is 0 Å². The number of likely N-dealkylation sites (tertiary alicyclic amines) is 1. The average Bonchev–Trinajstić information content (AvgIpc) is 2.90. The van der Waals surface area contributed by atoms with Crippen molar-refractivity contribution in [2.45, 2.75) is 25.7 Å². The summed E-state index contributed by atoms with van der Waals surface area (Å²) in [6, 6.07) is 4.31. The molecule has 1 aliphatic carbocycles. The predicted octanol–water partition coefficient (Wildman–Crippen LogP) is 2.44. The van der Waals surface area contributed by atoms with Gasteiger partial charge in [0, 0.05) is 24.7 Å². The van der Waals surface area contributed by atoms with Crippen molar-refractivity contribution in [3.63, 3.8) is 0 Å². The summed E-state index contributed by atoms with van der Waals surface area (Å²) >= 11 is 0. The van der Waals surface area contributed by atoms with Crippen molar-refractivity contribution in [1.82, 2.24) is 4.90 Å². The SMILES string of the molecule is Nc1ccc(C(=O)N2CC3CCCCC3C2)cc1[N+](=O)[O-]. The third-order valence-corrected chi connectivity index (χ3v) is 4.74. The van der Waals surface area contributed by atoms with Crippen LogP contribution in [0.4, 0.5) is 11.4 Å². The third-order valence-electron chi connectivity index (χ3n) is 4.74. The van der Waals surface area contributed by atoms with E-state index in [1.54, 1.807) is 6.07 Å². The molecule has 1 aliphatic heterocycles. The molecule has 2 unspecified atom stereocenters. The molecule has 1 saturated carbocycles. The quantitative estimate of drug-likeness (QED) is 0.514. The summed E-state index contributed by atoms with van der Waals surface area (Å²) in [4.78, 5) is 24.8. The Bertz CT molecular complexity index is 574. The largest absolute Gasteiger partial charge is 0.393 e. The highest BCUT2D eigenvalue weighted by Crippen LogP contribution is 2.36. The van der Waals surface area contributed by atoms with Gasteiger partial charge < -0.3 is 10.6 Å². The molecule has 0 radical (unpaired) electrons. The molecule has 1 heterocycles. The van der Waals surface area contributed by atoms with E-state index in [9.17, 15) is 14.9 Å². The van der Waals surface area contributed by atoms with Crippen LogP contribution in [0.25, 0.3) is 0 Å². The molecule has 21 heavy (non-hydrogen) atoms. The van der Waals surface area contributed by atoms with Gasteiger partial charge in [-0.1, -0.05) is 12.8 Å². The predicted molar refractivity (Wildman–Crippen MR) is 78.9 cm³/mol. The van der Waals surface area contributed by atoms with Crippen molar-refractivity contribution in [3.05, 3.63) is 33.9 Å². The highest BCUT2D eigenvalue weighted by atomic mass is 16.6. The summed E-state index contributed by atoms with van der Waals surface area (Å²) in [5.74, 6) is 1.09. The first-order chi connectivity index (χ1) is 10.1. The number of carbonyl (C=O) groups is 1. The number of rotatable bonds is 2. The number of hydrogen-bond acceptors (Lipinski definition) is 4. The number of amides is 1. The monoisotopic (exact) mass is 289 g/mol. The lowest BCUT2D eigenvalue weighted by Gasteiger charge is -2.22. The van der Waals surface area contributed by atoms with Crippen molar-refractivity contribution in [3.8, 4) is 0 Å². The fraction of sp³-hybridized carbons (Fsp3) is 0.533. The number of nitro benzene ring substituents is 1. The average molecular weight is 289 g/mol. The van der Waals surface area contributed by atoms with Crippen LogP contribution in [0.3, 0.4) is 0 Å². The van der Waals surface area contributed by atoms with Crippen LogP contribution in [0.5, 0.6) is 0 Å². The smallest absolute Gasteiger partial charge is 0.292 e. The summed E-state index contributed by atoms with van der Waals surface area (Å²) < 4.78 is 0. The van der Waals surface area contributed by atoms with Crippen molar-refractivity contribution in [1.29, 1.82) is 0 Å². The van der Waals surface area contributed by atoms with Gasteiger partial charge in [-0.05, 0) is 36.8 Å². The van der Waals surface area contributed by atoms with Crippen LogP contribution in [0.1, 0.15) is 36.0 Å². The molecule has 2 fully saturated rings. The van der Waals surface area contributed by atoms with E-state index < -0.39 is 4.92 Å². The van der Waals surface area contributed by atoms with Gasteiger partial charge in [-0.25, -0.2) is 0 Å². The molecular formula is C15H19N3O3. The fourth-order valence-electron chi connectivity index (χ4n) is 3.59. The van der Waals surface area contributed by atoms with Crippen molar-refractivity contribution >= 4 is 17.3 Å². The number of fused-ring (bicyclic) bond motifs is 1. The van der Waals surface area contributed by atoms with E-state index in [1.807, 2.05) is 4.90 Å². The van der Waals surface area contributed by atoms with Crippen molar-refractivity contribution in [2.24, 2.45) is 11.8 Å². The lowest BCUT2D eigenvalue weighted by Crippen LogP contribution is -2.29. The number of nitrogens with zero attached hydrogens (tertiary/aromatic N) is 2. The number of anilines is 1. The maximum Gasteiger partial charge on any atom is 0.292 e. The van der Waals surface area contributed by atoms with Gasteiger partial charge in [-0.15, -0.1) is 0 Å². The molecular weight excluding hydrogens is 270 g/mol. The topological polar surface area (TPSA) is 89.5 Å². The Labute approximate surface area is 123 Å². The number of benzene rings is 1. The molecule has 6 nitrogen and oxygen atoms in total. The number of nitrogen functional groups attached to an aromatic ring is 1. The molecule has 2 aliphatic rings. The van der Waals surface area contributed by atoms with E-state index in [2.05, 4.69) is 0 Å². The first-order valence-electron chi connectivity index (χ1n) is 7.39. The Morgan fingerprint density at radius 3 is 2.43 bits per heavy atom. The second-order valence-electron chi connectivity index (χ2n) is 6.05. The van der Waals surface area contributed by atoms with Crippen molar-refractivity contribution in [2.75, 3.05) is 18.8 Å². The Kier molecular flexibility index (Phi) is 3.53. The Morgan fingerprint density at radius 2 is 1.86 bits per heavy atom. The molecule has 0 aromatic heterocycles. The second-order valence-corrected chi connectivity index (χ2v) is 6.05. The van der Waals surface area contributed by atoms with Gasteiger partial charge in [-0.3, -0.25) is 14.9 Å². The molecule has 2 N–H and O–H groups in total. The molecule has 1 aromatic carbocycles. The molecule has 1 amide bonds. The maximum atomic E-state index is 12.5. The summed E-state index contributed by atoms with van der Waals surface area (Å²) in [7, 11) is 0. The number of nitrogens with two attached hydrogens (primary N) is 1. The van der Waals surface area contributed by atoms with Crippen molar-refractivity contribution < 1.29 is 9.72 Å². The molecule has 3 rings (SSSR count). The molecule has 6 heteroatoms. The standard InChI is InChI=1S/C15H19N3O3/c16-13-6-5-10(7-14(13)18(20)21)15(19)17-8-11-3-1-2-4-12(11)9-17/h5-7,11-12H,1-4,8-9,16H2. The summed E-state index contributed by atoms with van der Waals surface area (Å²) in [6.45, 7) is 1.56. The highest BCUT2D eigenvalue weighted by Gasteiger charge is 2.36.